The largest absolute Gasteiger partial charge is 0.456 e. The molecular weight excluding hydrogens is 1110 g/mol. The SMILES string of the molecule is FC(F)(F)c1cc([B-](c2cc(C(F)(F)F)cc(C(F)(F)F)c2)(c2cc(C(F)(F)F)cc(C(F)(F)F)c2)c2cc(C(F)(F)F)cc(C(F)(F)F)c2)cc(C(F)(F)F)c1.[N-]=[N+]=NCOC(=O)c1cc[n+](Cc2ccccc2)cc1. The van der Waals surface area contributed by atoms with Gasteiger partial charge in [0.25, 0.3) is 0 Å². The second-order valence-electron chi connectivity index (χ2n) is 16.3. The number of ether oxygens (including phenoxy) is 1. The van der Waals surface area contributed by atoms with E-state index in [-0.39, 0.29) is 6.73 Å². The van der Waals surface area contributed by atoms with Crippen molar-refractivity contribution in [1.82, 2.24) is 0 Å². The standard InChI is InChI=1S/C32H12BF24.C14H13N4O2/c34-25(35,36)13-1-14(26(37,38)39)6-21(5-13)33(22-7-15(27(40,41)42)2-16(8-22)28(43,44)45,23-9-17(29(46,47)48)3-18(10-23)30(49,50)51)24-11-19(31(52,53)54)4-20(12-24)32(55,56)57;15-17-16-11-20-14(19)13-6-8-18(9-7-13)10-12-4-2-1-3-5-12/h1-12H;1-9H,10-11H2/q-1;+1. The highest BCUT2D eigenvalue weighted by Crippen LogP contribution is 2.41. The van der Waals surface area contributed by atoms with Gasteiger partial charge in [-0.2, -0.15) is 127 Å². The third kappa shape index (κ3) is 14.7. The lowest BCUT2D eigenvalue weighted by Gasteiger charge is -2.46. The van der Waals surface area contributed by atoms with E-state index in [2.05, 4.69) is 10.0 Å². The molecule has 0 aliphatic heterocycles. The molecule has 412 valence electrons. The Balaban J connectivity index is 0.000000455. The predicted molar refractivity (Wildman–Crippen MR) is 222 cm³/mol. The molecule has 0 fully saturated rings. The van der Waals surface area contributed by atoms with Gasteiger partial charge in [-0.15, -0.1) is 0 Å². The lowest BCUT2D eigenvalue weighted by molar-refractivity contribution is -0.688. The summed E-state index contributed by atoms with van der Waals surface area (Å²) in [6.07, 6.45) is -51.2. The van der Waals surface area contributed by atoms with Crippen molar-refractivity contribution in [3.8, 4) is 0 Å². The Hall–Kier alpha value is -7.59. The van der Waals surface area contributed by atoms with Gasteiger partial charge >= 0.3 is 55.4 Å². The fourth-order valence-corrected chi connectivity index (χ4v) is 7.76. The smallest absolute Gasteiger partial charge is 0.416 e. The van der Waals surface area contributed by atoms with Gasteiger partial charge in [-0.25, -0.2) is 9.36 Å². The monoisotopic (exact) mass is 1130 g/mol. The number of benzene rings is 5. The molecule has 0 saturated heterocycles. The molecule has 6 nitrogen and oxygen atoms in total. The summed E-state index contributed by atoms with van der Waals surface area (Å²) >= 11 is 0. The van der Waals surface area contributed by atoms with E-state index in [1.165, 1.54) is 5.56 Å². The van der Waals surface area contributed by atoms with Crippen LogP contribution in [0.15, 0.2) is 133 Å². The third-order valence-electron chi connectivity index (χ3n) is 11.1. The van der Waals surface area contributed by atoms with Gasteiger partial charge in [0.2, 0.25) is 0 Å². The summed E-state index contributed by atoms with van der Waals surface area (Å²) in [5.41, 5.74) is -20.5. The summed E-state index contributed by atoms with van der Waals surface area (Å²) in [6, 6.07) is 4.54. The van der Waals surface area contributed by atoms with Crippen LogP contribution in [-0.2, 0) is 60.7 Å². The zero-order valence-electron chi connectivity index (χ0n) is 37.3. The highest BCUT2D eigenvalue weighted by Gasteiger charge is 2.47. The Morgan fingerprint density at radius 2 is 0.688 bits per heavy atom. The number of aromatic nitrogens is 1. The van der Waals surface area contributed by atoms with Crippen LogP contribution in [0.3, 0.4) is 0 Å². The Bertz CT molecular complexity index is 2700. The molecule has 0 aliphatic carbocycles. The Morgan fingerprint density at radius 1 is 0.429 bits per heavy atom. The van der Waals surface area contributed by atoms with Crippen LogP contribution in [0.4, 0.5) is 105 Å². The molecule has 0 unspecified atom stereocenters. The first-order valence-electron chi connectivity index (χ1n) is 20.6. The molecule has 0 spiro atoms. The summed E-state index contributed by atoms with van der Waals surface area (Å²) < 4.78 is 348. The molecule has 0 atom stereocenters. The second-order valence-corrected chi connectivity index (χ2v) is 16.3. The number of hydrogen-bond donors (Lipinski definition) is 0. The number of hydrogen-bond acceptors (Lipinski definition) is 3. The summed E-state index contributed by atoms with van der Waals surface area (Å²) in [7, 11) is 0. The van der Waals surface area contributed by atoms with E-state index in [4.69, 9.17) is 10.3 Å². The fourth-order valence-electron chi connectivity index (χ4n) is 7.76. The number of carbonyl (C=O) groups excluding carboxylic acids is 1. The van der Waals surface area contributed by atoms with E-state index in [0.29, 0.717) is 5.56 Å². The minimum absolute atomic E-state index is 0.297. The Morgan fingerprint density at radius 3 is 0.922 bits per heavy atom. The highest BCUT2D eigenvalue weighted by atomic mass is 19.4. The molecule has 0 bridgehead atoms. The number of azide groups is 1. The maximum atomic E-state index is 14.2. The number of esters is 1. The van der Waals surface area contributed by atoms with Crippen LogP contribution in [-0.4, -0.2) is 18.8 Å². The first-order chi connectivity index (χ1) is 35.1. The molecule has 0 N–H and O–H groups in total. The Labute approximate surface area is 414 Å². The van der Waals surface area contributed by atoms with Crippen molar-refractivity contribution in [2.75, 3.05) is 6.73 Å². The maximum absolute atomic E-state index is 14.2. The first-order valence-corrected chi connectivity index (χ1v) is 20.6. The molecule has 0 saturated carbocycles. The van der Waals surface area contributed by atoms with Gasteiger partial charge in [-0.1, -0.05) is 84.0 Å². The fraction of sp³-hybridized carbons (Fsp3) is 0.217. The number of alkyl halides is 24. The van der Waals surface area contributed by atoms with Gasteiger partial charge in [0, 0.05) is 22.6 Å². The topological polar surface area (TPSA) is 78.9 Å². The molecule has 0 aliphatic rings. The van der Waals surface area contributed by atoms with Crippen LogP contribution in [0.2, 0.25) is 0 Å². The van der Waals surface area contributed by atoms with E-state index in [1.807, 2.05) is 34.9 Å². The van der Waals surface area contributed by atoms with Crippen molar-refractivity contribution in [3.05, 3.63) is 194 Å². The van der Waals surface area contributed by atoms with Crippen molar-refractivity contribution in [1.29, 1.82) is 0 Å². The normalized spacial score (nSPS) is 13.1. The van der Waals surface area contributed by atoms with Crippen LogP contribution >= 0.6 is 0 Å². The van der Waals surface area contributed by atoms with Crippen molar-refractivity contribution in [2.24, 2.45) is 5.11 Å². The van der Waals surface area contributed by atoms with E-state index in [1.54, 1.807) is 24.5 Å². The van der Waals surface area contributed by atoms with Gasteiger partial charge in [-0.3, -0.25) is 0 Å². The molecule has 6 aromatic rings. The molecule has 1 aromatic heterocycles. The van der Waals surface area contributed by atoms with E-state index in [9.17, 15) is 110 Å². The summed E-state index contributed by atoms with van der Waals surface area (Å²) in [5, 5.41) is 3.14. The first kappa shape index (κ1) is 60.3. The summed E-state index contributed by atoms with van der Waals surface area (Å²) in [4.78, 5) is 14.1. The maximum Gasteiger partial charge on any atom is 0.416 e. The van der Waals surface area contributed by atoms with Gasteiger partial charge in [0.15, 0.2) is 25.7 Å². The van der Waals surface area contributed by atoms with Gasteiger partial charge in [0.05, 0.1) is 50.1 Å². The lowest BCUT2D eigenvalue weighted by Crippen LogP contribution is -2.75. The molecule has 6 rings (SSSR count). The number of halogens is 24. The van der Waals surface area contributed by atoms with E-state index >= 15 is 0 Å². The van der Waals surface area contributed by atoms with E-state index in [0.717, 1.165) is 6.54 Å². The van der Waals surface area contributed by atoms with Gasteiger partial charge in [-0.05, 0) is 29.8 Å². The minimum atomic E-state index is -6.13. The molecule has 5 aromatic carbocycles. The lowest BCUT2D eigenvalue weighted by atomic mass is 9.12. The van der Waals surface area contributed by atoms with Crippen molar-refractivity contribution >= 4 is 34.0 Å². The van der Waals surface area contributed by atoms with Crippen molar-refractivity contribution < 1.29 is 119 Å². The minimum Gasteiger partial charge on any atom is -0.456 e. The average Bonchev–Trinajstić information content (AvgIpc) is 3.30. The number of pyridine rings is 1. The molecule has 77 heavy (non-hydrogen) atoms. The van der Waals surface area contributed by atoms with Crippen LogP contribution in [0.5, 0.6) is 0 Å². The zero-order chi connectivity index (χ0) is 58.1. The zero-order valence-corrected chi connectivity index (χ0v) is 37.3. The highest BCUT2D eigenvalue weighted by molar-refractivity contribution is 7.20. The van der Waals surface area contributed by atoms with Crippen LogP contribution < -0.4 is 26.4 Å². The van der Waals surface area contributed by atoms with Crippen LogP contribution in [0, 0.1) is 0 Å². The number of nitrogens with zero attached hydrogens (tertiary/aromatic N) is 4. The van der Waals surface area contributed by atoms with E-state index < -0.39 is 201 Å². The molecule has 1 heterocycles. The van der Waals surface area contributed by atoms with Crippen LogP contribution in [0.1, 0.15) is 60.4 Å². The quantitative estimate of drug-likeness (QED) is 0.0275. The predicted octanol–water partition coefficient (Wildman–Crippen LogP) is 13.7. The number of carbonyl (C=O) groups is 1. The van der Waals surface area contributed by atoms with Crippen molar-refractivity contribution in [3.63, 3.8) is 0 Å². The molecular formula is C46H25BF24N4O2. The van der Waals surface area contributed by atoms with Crippen molar-refractivity contribution in [2.45, 2.75) is 56.0 Å². The number of rotatable bonds is 9. The average molecular weight is 1130 g/mol. The van der Waals surface area contributed by atoms with Crippen LogP contribution in [0.25, 0.3) is 10.4 Å². The Kier molecular flexibility index (Phi) is 16.8. The second kappa shape index (κ2) is 21.4. The molecule has 0 amide bonds. The third-order valence-corrected chi connectivity index (χ3v) is 11.1. The molecule has 31 heteroatoms. The summed E-state index contributed by atoms with van der Waals surface area (Å²) in [5.74, 6) is -0.510. The van der Waals surface area contributed by atoms with Gasteiger partial charge in [0.1, 0.15) is 6.15 Å². The summed E-state index contributed by atoms with van der Waals surface area (Å²) in [6.45, 7) is 0.434. The molecule has 0 radical (unpaired) electrons. The van der Waals surface area contributed by atoms with Gasteiger partial charge < -0.3 is 4.74 Å².